The molecule has 1 N–H and O–H groups in total. The summed E-state index contributed by atoms with van der Waals surface area (Å²) >= 11 is 1.80. The Morgan fingerprint density at radius 2 is 1.81 bits per heavy atom. The van der Waals surface area contributed by atoms with Gasteiger partial charge in [-0.25, -0.2) is 0 Å². The Morgan fingerprint density at radius 1 is 0.952 bits per heavy atom. The average molecular weight is 291 g/mol. The number of benzene rings is 2. The Bertz CT molecular complexity index is 774. The largest absolute Gasteiger partial charge is 0.378 e. The smallest absolute Gasteiger partial charge is 0.0578 e. The molecule has 0 saturated heterocycles. The number of nitrogens with one attached hydrogen (secondary N) is 1. The van der Waals surface area contributed by atoms with E-state index in [1.165, 1.54) is 32.8 Å². The van der Waals surface area contributed by atoms with Gasteiger partial charge in [-0.05, 0) is 59.2 Å². The second-order valence-corrected chi connectivity index (χ2v) is 6.57. The summed E-state index contributed by atoms with van der Waals surface area (Å²) in [7, 11) is 0. The first-order chi connectivity index (χ1) is 10.3. The predicted octanol–water partition coefficient (Wildman–Crippen LogP) is 5.49. The van der Waals surface area contributed by atoms with E-state index in [0.29, 0.717) is 6.04 Å². The van der Waals surface area contributed by atoms with Crippen LogP contribution in [0.1, 0.15) is 29.0 Å². The van der Waals surface area contributed by atoms with E-state index in [1.54, 1.807) is 11.3 Å². The minimum atomic E-state index is 0.354. The molecular formula is C19H17NS. The van der Waals surface area contributed by atoms with Crippen LogP contribution in [0.2, 0.25) is 0 Å². The minimum absolute atomic E-state index is 0.354. The van der Waals surface area contributed by atoms with Crippen molar-refractivity contribution in [2.75, 3.05) is 5.32 Å². The average Bonchev–Trinajstić information content (AvgIpc) is 3.14. The monoisotopic (exact) mass is 291 g/mol. The van der Waals surface area contributed by atoms with Crippen LogP contribution in [0.4, 0.5) is 5.69 Å². The minimum Gasteiger partial charge on any atom is -0.378 e. The van der Waals surface area contributed by atoms with Gasteiger partial charge in [0, 0.05) is 10.6 Å². The highest BCUT2D eigenvalue weighted by atomic mass is 32.1. The van der Waals surface area contributed by atoms with Gasteiger partial charge in [-0.15, -0.1) is 11.3 Å². The summed E-state index contributed by atoms with van der Waals surface area (Å²) in [5, 5.41) is 5.74. The maximum atomic E-state index is 3.61. The van der Waals surface area contributed by atoms with Gasteiger partial charge in [0.25, 0.3) is 0 Å². The number of hydrogen-bond acceptors (Lipinski definition) is 2. The van der Waals surface area contributed by atoms with Crippen LogP contribution < -0.4 is 5.32 Å². The topological polar surface area (TPSA) is 12.0 Å². The van der Waals surface area contributed by atoms with Gasteiger partial charge in [0.1, 0.15) is 0 Å². The van der Waals surface area contributed by atoms with E-state index in [0.717, 1.165) is 6.42 Å². The summed E-state index contributed by atoms with van der Waals surface area (Å²) in [6.07, 6.45) is 1.05. The molecule has 2 heteroatoms. The van der Waals surface area contributed by atoms with E-state index >= 15 is 0 Å². The molecule has 0 spiro atoms. The SMILES string of the molecule is CC(Nc1ccc2c(c1)Cc1ccccc1-2)c1cccs1. The summed E-state index contributed by atoms with van der Waals surface area (Å²) in [6.45, 7) is 2.22. The van der Waals surface area contributed by atoms with Crippen molar-refractivity contribution in [3.8, 4) is 11.1 Å². The first kappa shape index (κ1) is 12.7. The van der Waals surface area contributed by atoms with Crippen molar-refractivity contribution in [3.63, 3.8) is 0 Å². The van der Waals surface area contributed by atoms with Crippen molar-refractivity contribution >= 4 is 17.0 Å². The summed E-state index contributed by atoms with van der Waals surface area (Å²) in [5.41, 5.74) is 6.86. The van der Waals surface area contributed by atoms with Gasteiger partial charge in [0.05, 0.1) is 6.04 Å². The second-order valence-electron chi connectivity index (χ2n) is 5.59. The van der Waals surface area contributed by atoms with Gasteiger partial charge in [-0.3, -0.25) is 0 Å². The van der Waals surface area contributed by atoms with Crippen LogP contribution in [-0.4, -0.2) is 0 Å². The second kappa shape index (κ2) is 5.05. The van der Waals surface area contributed by atoms with E-state index in [1.807, 2.05) is 0 Å². The first-order valence-corrected chi connectivity index (χ1v) is 8.20. The molecule has 0 amide bonds. The van der Waals surface area contributed by atoms with Crippen LogP contribution in [0, 0.1) is 0 Å². The van der Waals surface area contributed by atoms with Crippen molar-refractivity contribution in [3.05, 3.63) is 76.0 Å². The van der Waals surface area contributed by atoms with Crippen LogP contribution in [0.15, 0.2) is 60.0 Å². The maximum absolute atomic E-state index is 3.61. The lowest BCUT2D eigenvalue weighted by Gasteiger charge is -2.14. The van der Waals surface area contributed by atoms with Gasteiger partial charge in [-0.2, -0.15) is 0 Å². The third-order valence-electron chi connectivity index (χ3n) is 4.15. The van der Waals surface area contributed by atoms with Crippen LogP contribution in [0.5, 0.6) is 0 Å². The quantitative estimate of drug-likeness (QED) is 0.526. The highest BCUT2D eigenvalue weighted by Gasteiger charge is 2.18. The van der Waals surface area contributed by atoms with Crippen LogP contribution in [-0.2, 0) is 6.42 Å². The zero-order valence-electron chi connectivity index (χ0n) is 12.0. The standard InChI is InChI=1S/C19H17NS/c1-13(19-7-4-10-21-19)20-16-8-9-18-15(12-16)11-14-5-2-3-6-17(14)18/h2-10,12-13,20H,11H2,1H3. The zero-order valence-corrected chi connectivity index (χ0v) is 12.8. The Kier molecular flexibility index (Phi) is 3.04. The number of hydrogen-bond donors (Lipinski definition) is 1. The highest BCUT2D eigenvalue weighted by molar-refractivity contribution is 7.10. The fraction of sp³-hybridized carbons (Fsp3) is 0.158. The van der Waals surface area contributed by atoms with Crippen LogP contribution in [0.3, 0.4) is 0 Å². The lowest BCUT2D eigenvalue weighted by atomic mass is 10.1. The number of rotatable bonds is 3. The molecule has 1 atom stereocenters. The summed E-state index contributed by atoms with van der Waals surface area (Å²) < 4.78 is 0. The molecule has 1 aliphatic carbocycles. The molecule has 1 aromatic heterocycles. The van der Waals surface area contributed by atoms with Gasteiger partial charge in [0.2, 0.25) is 0 Å². The van der Waals surface area contributed by atoms with E-state index in [-0.39, 0.29) is 0 Å². The number of thiophene rings is 1. The highest BCUT2D eigenvalue weighted by Crippen LogP contribution is 2.38. The van der Waals surface area contributed by atoms with E-state index in [9.17, 15) is 0 Å². The Balaban J connectivity index is 1.62. The third kappa shape index (κ3) is 2.26. The molecule has 4 rings (SSSR count). The molecule has 1 unspecified atom stereocenters. The van der Waals surface area contributed by atoms with Crippen molar-refractivity contribution in [2.45, 2.75) is 19.4 Å². The molecule has 2 aromatic carbocycles. The third-order valence-corrected chi connectivity index (χ3v) is 5.20. The van der Waals surface area contributed by atoms with Gasteiger partial charge in [0.15, 0.2) is 0 Å². The number of anilines is 1. The molecule has 1 heterocycles. The lowest BCUT2D eigenvalue weighted by molar-refractivity contribution is 0.907. The summed E-state index contributed by atoms with van der Waals surface area (Å²) in [5.74, 6) is 0. The van der Waals surface area contributed by atoms with E-state index in [2.05, 4.69) is 72.2 Å². The van der Waals surface area contributed by atoms with Crippen LogP contribution >= 0.6 is 11.3 Å². The number of fused-ring (bicyclic) bond motifs is 3. The molecule has 0 fully saturated rings. The molecule has 104 valence electrons. The Labute approximate surface area is 129 Å². The van der Waals surface area contributed by atoms with Gasteiger partial charge < -0.3 is 5.32 Å². The summed E-state index contributed by atoms with van der Waals surface area (Å²) in [6, 6.07) is 20.1. The molecule has 0 radical (unpaired) electrons. The van der Waals surface area contributed by atoms with Crippen LogP contribution in [0.25, 0.3) is 11.1 Å². The molecule has 0 aliphatic heterocycles. The Morgan fingerprint density at radius 3 is 2.67 bits per heavy atom. The van der Waals surface area contributed by atoms with Crippen molar-refractivity contribution < 1.29 is 0 Å². The van der Waals surface area contributed by atoms with Crippen molar-refractivity contribution in [2.24, 2.45) is 0 Å². The zero-order chi connectivity index (χ0) is 14.2. The first-order valence-electron chi connectivity index (χ1n) is 7.32. The molecule has 1 aliphatic rings. The fourth-order valence-corrected chi connectivity index (χ4v) is 3.83. The molecule has 21 heavy (non-hydrogen) atoms. The molecule has 0 bridgehead atoms. The van der Waals surface area contributed by atoms with E-state index in [4.69, 9.17) is 0 Å². The molecule has 3 aromatic rings. The summed E-state index contributed by atoms with van der Waals surface area (Å²) in [4.78, 5) is 1.37. The van der Waals surface area contributed by atoms with Gasteiger partial charge in [-0.1, -0.05) is 36.4 Å². The van der Waals surface area contributed by atoms with Crippen molar-refractivity contribution in [1.82, 2.24) is 0 Å². The molecule has 1 nitrogen and oxygen atoms in total. The van der Waals surface area contributed by atoms with E-state index < -0.39 is 0 Å². The fourth-order valence-electron chi connectivity index (χ4n) is 3.09. The molecular weight excluding hydrogens is 274 g/mol. The maximum Gasteiger partial charge on any atom is 0.0578 e. The predicted molar refractivity (Wildman–Crippen MR) is 91.0 cm³/mol. The lowest BCUT2D eigenvalue weighted by Crippen LogP contribution is -2.04. The van der Waals surface area contributed by atoms with Gasteiger partial charge >= 0.3 is 0 Å². The Hall–Kier alpha value is -2.06. The molecule has 0 saturated carbocycles. The van der Waals surface area contributed by atoms with Crippen molar-refractivity contribution in [1.29, 1.82) is 0 Å². The normalized spacial score (nSPS) is 13.6.